The van der Waals surface area contributed by atoms with E-state index in [1.165, 1.54) is 0 Å². The van der Waals surface area contributed by atoms with E-state index in [0.29, 0.717) is 29.7 Å². The van der Waals surface area contributed by atoms with Crippen LogP contribution in [-0.4, -0.2) is 54.5 Å². The Balaban J connectivity index is 0.000000289. The van der Waals surface area contributed by atoms with Gasteiger partial charge in [-0.1, -0.05) is 36.4 Å². The molecular formula is C28H30N6O3. The second-order valence-corrected chi connectivity index (χ2v) is 8.15. The second kappa shape index (κ2) is 13.5. The monoisotopic (exact) mass is 498 g/mol. The minimum Gasteiger partial charge on any atom is -0.385 e. The number of para-hydroxylation sites is 1. The summed E-state index contributed by atoms with van der Waals surface area (Å²) in [7, 11) is 5.26. The Morgan fingerprint density at radius 2 is 1.97 bits per heavy atom. The van der Waals surface area contributed by atoms with E-state index >= 15 is 0 Å². The summed E-state index contributed by atoms with van der Waals surface area (Å²) in [6.07, 6.45) is 3.61. The maximum absolute atomic E-state index is 12.8. The highest BCUT2D eigenvalue weighted by Gasteiger charge is 2.17. The van der Waals surface area contributed by atoms with Crippen molar-refractivity contribution >= 4 is 35.0 Å². The van der Waals surface area contributed by atoms with Gasteiger partial charge in [0.1, 0.15) is 11.8 Å². The Labute approximate surface area is 216 Å². The molecule has 37 heavy (non-hydrogen) atoms. The first-order valence-corrected chi connectivity index (χ1v) is 11.8. The fourth-order valence-electron chi connectivity index (χ4n) is 3.73. The van der Waals surface area contributed by atoms with Gasteiger partial charge in [0.05, 0.1) is 18.1 Å². The number of nitrogens with one attached hydrogen (secondary N) is 1. The molecule has 0 spiro atoms. The van der Waals surface area contributed by atoms with Gasteiger partial charge in [-0.05, 0) is 36.2 Å². The number of carbonyl (C=O) groups excluding carboxylic acids is 2. The number of pyridine rings is 1. The fourth-order valence-corrected chi connectivity index (χ4v) is 3.73. The van der Waals surface area contributed by atoms with E-state index in [2.05, 4.69) is 15.3 Å². The average Bonchev–Trinajstić information content (AvgIpc) is 3.30. The van der Waals surface area contributed by atoms with Gasteiger partial charge in [-0.25, -0.2) is 9.97 Å². The number of methoxy groups -OCH3 is 1. The zero-order valence-corrected chi connectivity index (χ0v) is 21.2. The van der Waals surface area contributed by atoms with Gasteiger partial charge in [0.2, 0.25) is 5.95 Å². The molecule has 0 bridgehead atoms. The number of nitriles is 1. The SMILES string of the molecule is CNc1nc2cc(C(=O)N(C)c3ccccc3)cnc2n1CCCOC.N#CCc1cccc(C=O)c1. The van der Waals surface area contributed by atoms with Crippen LogP contribution in [0.5, 0.6) is 0 Å². The largest absolute Gasteiger partial charge is 0.385 e. The number of nitrogens with zero attached hydrogens (tertiary/aromatic N) is 5. The van der Waals surface area contributed by atoms with Crippen LogP contribution in [-0.2, 0) is 17.7 Å². The first-order chi connectivity index (χ1) is 18.0. The molecule has 9 heteroatoms. The molecule has 0 saturated heterocycles. The number of ether oxygens (including phenoxy) is 1. The van der Waals surface area contributed by atoms with E-state index in [0.717, 1.165) is 42.1 Å². The standard InChI is InChI=1S/C19H23N5O2.C9H7NO/c1-20-19-22-16-12-14(13-21-17(16)24(19)10-7-11-26-3)18(25)23(2)15-8-5-4-6-9-15;10-5-4-8-2-1-3-9(6-8)7-11/h4-6,8-9,12-13H,7,10-11H2,1-3H3,(H,20,22);1-3,6-7H,4H2. The summed E-state index contributed by atoms with van der Waals surface area (Å²) in [5, 5.41) is 11.4. The van der Waals surface area contributed by atoms with E-state index in [1.807, 2.05) is 54.1 Å². The Kier molecular flexibility index (Phi) is 9.88. The van der Waals surface area contributed by atoms with E-state index in [4.69, 9.17) is 10.00 Å². The van der Waals surface area contributed by atoms with Gasteiger partial charge in [-0.15, -0.1) is 0 Å². The second-order valence-electron chi connectivity index (χ2n) is 8.15. The highest BCUT2D eigenvalue weighted by molar-refractivity contribution is 6.06. The minimum atomic E-state index is -0.120. The summed E-state index contributed by atoms with van der Waals surface area (Å²) >= 11 is 0. The highest BCUT2D eigenvalue weighted by atomic mass is 16.5. The van der Waals surface area contributed by atoms with Crippen molar-refractivity contribution in [1.29, 1.82) is 5.26 Å². The molecular weight excluding hydrogens is 468 g/mol. The summed E-state index contributed by atoms with van der Waals surface area (Å²) in [6.45, 7) is 1.41. The molecule has 0 aliphatic heterocycles. The molecule has 1 amide bonds. The quantitative estimate of drug-likeness (QED) is 0.270. The summed E-state index contributed by atoms with van der Waals surface area (Å²) < 4.78 is 7.12. The number of aldehydes is 1. The van der Waals surface area contributed by atoms with Crippen molar-refractivity contribution < 1.29 is 14.3 Å². The number of carbonyl (C=O) groups is 2. The number of benzene rings is 2. The molecule has 2 heterocycles. The Morgan fingerprint density at radius 1 is 1.19 bits per heavy atom. The van der Waals surface area contributed by atoms with E-state index < -0.39 is 0 Å². The maximum atomic E-state index is 12.8. The van der Waals surface area contributed by atoms with Crippen molar-refractivity contribution in [3.8, 4) is 6.07 Å². The van der Waals surface area contributed by atoms with Gasteiger partial charge in [-0.2, -0.15) is 5.26 Å². The third-order valence-corrected chi connectivity index (χ3v) is 5.60. The van der Waals surface area contributed by atoms with Gasteiger partial charge in [0, 0.05) is 51.8 Å². The van der Waals surface area contributed by atoms with E-state index in [-0.39, 0.29) is 5.91 Å². The van der Waals surface area contributed by atoms with Crippen molar-refractivity contribution in [1.82, 2.24) is 14.5 Å². The van der Waals surface area contributed by atoms with Crippen molar-refractivity contribution in [2.24, 2.45) is 0 Å². The number of hydrogen-bond donors (Lipinski definition) is 1. The normalized spacial score (nSPS) is 10.2. The molecule has 2 aromatic carbocycles. The molecule has 0 aliphatic carbocycles. The summed E-state index contributed by atoms with van der Waals surface area (Å²) in [5.41, 5.74) is 4.30. The summed E-state index contributed by atoms with van der Waals surface area (Å²) in [6, 6.07) is 20.4. The lowest BCUT2D eigenvalue weighted by atomic mass is 10.1. The van der Waals surface area contributed by atoms with Crippen molar-refractivity contribution in [3.05, 3.63) is 83.6 Å². The van der Waals surface area contributed by atoms with Crippen LogP contribution in [0, 0.1) is 11.3 Å². The van der Waals surface area contributed by atoms with Crippen molar-refractivity contribution in [2.45, 2.75) is 19.4 Å². The van der Waals surface area contributed by atoms with Crippen LogP contribution < -0.4 is 10.2 Å². The molecule has 4 aromatic rings. The highest BCUT2D eigenvalue weighted by Crippen LogP contribution is 2.21. The predicted molar refractivity (Wildman–Crippen MR) is 144 cm³/mol. The topological polar surface area (TPSA) is 113 Å². The number of imidazole rings is 1. The molecule has 1 N–H and O–H groups in total. The van der Waals surface area contributed by atoms with Gasteiger partial charge in [0.25, 0.3) is 5.91 Å². The number of amides is 1. The van der Waals surface area contributed by atoms with Crippen LogP contribution in [0.15, 0.2) is 66.9 Å². The van der Waals surface area contributed by atoms with Gasteiger partial charge < -0.3 is 15.0 Å². The Hall–Kier alpha value is -4.55. The summed E-state index contributed by atoms with van der Waals surface area (Å²) in [4.78, 5) is 33.7. The number of aromatic nitrogens is 3. The molecule has 0 radical (unpaired) electrons. The van der Waals surface area contributed by atoms with Gasteiger partial charge >= 0.3 is 0 Å². The molecule has 0 saturated carbocycles. The summed E-state index contributed by atoms with van der Waals surface area (Å²) in [5.74, 6) is 0.607. The van der Waals surface area contributed by atoms with Crippen molar-refractivity contribution in [2.75, 3.05) is 38.0 Å². The van der Waals surface area contributed by atoms with Crippen LogP contribution >= 0.6 is 0 Å². The van der Waals surface area contributed by atoms with E-state index in [9.17, 15) is 9.59 Å². The predicted octanol–water partition coefficient (Wildman–Crippen LogP) is 4.35. The van der Waals surface area contributed by atoms with Crippen LogP contribution in [0.3, 0.4) is 0 Å². The first kappa shape index (κ1) is 27.0. The number of hydrogen-bond acceptors (Lipinski definition) is 7. The fraction of sp³-hybridized carbons (Fsp3) is 0.250. The lowest BCUT2D eigenvalue weighted by Crippen LogP contribution is -2.26. The lowest BCUT2D eigenvalue weighted by molar-refractivity contribution is 0.0992. The molecule has 2 aromatic heterocycles. The lowest BCUT2D eigenvalue weighted by Gasteiger charge is -2.17. The van der Waals surface area contributed by atoms with Crippen LogP contribution in [0.1, 0.15) is 32.7 Å². The molecule has 190 valence electrons. The number of rotatable bonds is 9. The van der Waals surface area contributed by atoms with E-state index in [1.54, 1.807) is 49.5 Å². The van der Waals surface area contributed by atoms with Crippen LogP contribution in [0.25, 0.3) is 11.2 Å². The third-order valence-electron chi connectivity index (χ3n) is 5.60. The first-order valence-electron chi connectivity index (χ1n) is 11.8. The molecule has 4 rings (SSSR count). The zero-order valence-electron chi connectivity index (χ0n) is 21.2. The van der Waals surface area contributed by atoms with Crippen LogP contribution in [0.2, 0.25) is 0 Å². The van der Waals surface area contributed by atoms with Gasteiger partial charge in [0.15, 0.2) is 5.65 Å². The Bertz CT molecular complexity index is 1380. The number of aryl methyl sites for hydroxylation is 1. The van der Waals surface area contributed by atoms with Crippen LogP contribution in [0.4, 0.5) is 11.6 Å². The number of fused-ring (bicyclic) bond motifs is 1. The molecule has 0 aliphatic rings. The third kappa shape index (κ3) is 6.99. The average molecular weight is 499 g/mol. The molecule has 0 unspecified atom stereocenters. The molecule has 0 fully saturated rings. The van der Waals surface area contributed by atoms with Gasteiger partial charge in [-0.3, -0.25) is 14.2 Å². The molecule has 9 nitrogen and oxygen atoms in total. The molecule has 0 atom stereocenters. The zero-order chi connectivity index (χ0) is 26.6. The van der Waals surface area contributed by atoms with Crippen molar-refractivity contribution in [3.63, 3.8) is 0 Å². The minimum absolute atomic E-state index is 0.120. The smallest absolute Gasteiger partial charge is 0.259 e. The maximum Gasteiger partial charge on any atom is 0.259 e. The number of anilines is 2. The Morgan fingerprint density at radius 3 is 2.65 bits per heavy atom.